The monoisotopic (exact) mass is 252 g/mol. The molecule has 0 radical (unpaired) electrons. The predicted octanol–water partition coefficient (Wildman–Crippen LogP) is 2.54. The lowest BCUT2D eigenvalue weighted by atomic mass is 9.64. The third kappa shape index (κ3) is 2.56. The van der Waals surface area contributed by atoms with Crippen LogP contribution >= 0.6 is 0 Å². The number of hydrogen-bond acceptors (Lipinski definition) is 2. The first-order valence-electron chi connectivity index (χ1n) is 7.27. The van der Waals surface area contributed by atoms with Crippen molar-refractivity contribution in [2.45, 2.75) is 70.9 Å². The van der Waals surface area contributed by atoms with Crippen LogP contribution < -0.4 is 5.73 Å². The van der Waals surface area contributed by atoms with Gasteiger partial charge < -0.3 is 10.6 Å². The highest BCUT2D eigenvalue weighted by atomic mass is 16.2. The van der Waals surface area contributed by atoms with E-state index in [2.05, 4.69) is 20.8 Å². The lowest BCUT2D eigenvalue weighted by Gasteiger charge is -2.50. The first-order chi connectivity index (χ1) is 8.23. The van der Waals surface area contributed by atoms with Crippen molar-refractivity contribution in [2.75, 3.05) is 7.05 Å². The van der Waals surface area contributed by atoms with E-state index in [0.29, 0.717) is 29.7 Å². The van der Waals surface area contributed by atoms with E-state index < -0.39 is 0 Å². The largest absolute Gasteiger partial charge is 0.342 e. The summed E-state index contributed by atoms with van der Waals surface area (Å²) in [6.07, 6.45) is 6.24. The fourth-order valence-corrected chi connectivity index (χ4v) is 4.31. The zero-order valence-corrected chi connectivity index (χ0v) is 12.3. The molecule has 2 rings (SSSR count). The van der Waals surface area contributed by atoms with E-state index in [4.69, 9.17) is 5.73 Å². The molecule has 18 heavy (non-hydrogen) atoms. The fourth-order valence-electron chi connectivity index (χ4n) is 4.31. The Morgan fingerprint density at radius 3 is 2.61 bits per heavy atom. The maximum atomic E-state index is 11.9. The molecule has 3 unspecified atom stereocenters. The minimum Gasteiger partial charge on any atom is -0.342 e. The van der Waals surface area contributed by atoms with Gasteiger partial charge in [-0.1, -0.05) is 20.3 Å². The van der Waals surface area contributed by atoms with E-state index >= 15 is 0 Å². The van der Waals surface area contributed by atoms with Gasteiger partial charge in [0.05, 0.1) is 0 Å². The first-order valence-corrected chi connectivity index (χ1v) is 7.27. The van der Waals surface area contributed by atoms with Crippen molar-refractivity contribution >= 4 is 5.91 Å². The van der Waals surface area contributed by atoms with Gasteiger partial charge in [-0.05, 0) is 43.9 Å². The van der Waals surface area contributed by atoms with Gasteiger partial charge in [0.1, 0.15) is 0 Å². The third-order valence-electron chi connectivity index (χ3n) is 5.08. The van der Waals surface area contributed by atoms with Crippen molar-refractivity contribution in [1.29, 1.82) is 0 Å². The van der Waals surface area contributed by atoms with Crippen molar-refractivity contribution in [1.82, 2.24) is 4.90 Å². The molecule has 2 aliphatic rings. The van der Waals surface area contributed by atoms with E-state index in [1.54, 1.807) is 0 Å². The number of fused-ring (bicyclic) bond motifs is 1. The van der Waals surface area contributed by atoms with Crippen LogP contribution in [0, 0.1) is 11.3 Å². The molecule has 1 saturated heterocycles. The minimum atomic E-state index is -0.149. The number of amides is 1. The van der Waals surface area contributed by atoms with Crippen LogP contribution in [0.4, 0.5) is 0 Å². The Labute approximate surface area is 111 Å². The van der Waals surface area contributed by atoms with Gasteiger partial charge in [-0.15, -0.1) is 0 Å². The molecular formula is C15H28N2O. The number of nitrogens with zero attached hydrogens (tertiary/aromatic N) is 1. The zero-order valence-electron chi connectivity index (χ0n) is 12.3. The van der Waals surface area contributed by atoms with Crippen molar-refractivity contribution in [3.05, 3.63) is 0 Å². The Balaban J connectivity index is 2.25. The van der Waals surface area contributed by atoms with Crippen LogP contribution in [0.3, 0.4) is 0 Å². The minimum absolute atomic E-state index is 0.149. The van der Waals surface area contributed by atoms with Gasteiger partial charge in [-0.3, -0.25) is 4.79 Å². The molecule has 0 bridgehead atoms. The molecule has 1 saturated carbocycles. The van der Waals surface area contributed by atoms with E-state index in [0.717, 1.165) is 19.3 Å². The van der Waals surface area contributed by atoms with Crippen LogP contribution in [-0.4, -0.2) is 29.4 Å². The maximum Gasteiger partial charge on any atom is 0.222 e. The van der Waals surface area contributed by atoms with Crippen LogP contribution in [0.2, 0.25) is 0 Å². The molecule has 0 aromatic carbocycles. The summed E-state index contributed by atoms with van der Waals surface area (Å²) in [6, 6.07) is 0.359. The van der Waals surface area contributed by atoms with E-state index in [1.165, 1.54) is 12.8 Å². The number of carbonyl (C=O) groups is 1. The number of piperidine rings is 1. The number of hydrogen-bond donors (Lipinski definition) is 1. The molecular weight excluding hydrogens is 224 g/mol. The normalized spacial score (nSPS) is 40.9. The average molecular weight is 252 g/mol. The van der Waals surface area contributed by atoms with Crippen molar-refractivity contribution < 1.29 is 4.79 Å². The number of rotatable bonds is 0. The Morgan fingerprint density at radius 1 is 1.28 bits per heavy atom. The molecule has 3 heteroatoms. The summed E-state index contributed by atoms with van der Waals surface area (Å²) in [6.45, 7) is 6.85. The Hall–Kier alpha value is -0.570. The standard InChI is InChI=1S/C15H28N2O/c1-14(2)9-5-6-12-11(15(3,16)10-14)7-8-13(18)17(12)4/h11-12H,5-10,16H2,1-4H3. The smallest absolute Gasteiger partial charge is 0.222 e. The summed E-state index contributed by atoms with van der Waals surface area (Å²) in [5.41, 5.74) is 6.83. The third-order valence-corrected chi connectivity index (χ3v) is 5.08. The van der Waals surface area contributed by atoms with Crippen molar-refractivity contribution in [3.63, 3.8) is 0 Å². The van der Waals surface area contributed by atoms with Crippen molar-refractivity contribution in [2.24, 2.45) is 17.1 Å². The molecule has 0 aromatic rings. The lowest BCUT2D eigenvalue weighted by Crippen LogP contribution is -2.59. The second kappa shape index (κ2) is 4.52. The summed E-state index contributed by atoms with van der Waals surface area (Å²) in [7, 11) is 1.96. The first kappa shape index (κ1) is 13.9. The quantitative estimate of drug-likeness (QED) is 0.720. The Bertz CT molecular complexity index is 335. The lowest BCUT2D eigenvalue weighted by molar-refractivity contribution is -0.139. The summed E-state index contributed by atoms with van der Waals surface area (Å²) in [5, 5.41) is 0. The summed E-state index contributed by atoms with van der Waals surface area (Å²) < 4.78 is 0. The molecule has 2 fully saturated rings. The molecule has 3 nitrogen and oxygen atoms in total. The molecule has 1 aliphatic carbocycles. The van der Waals surface area contributed by atoms with Gasteiger partial charge in [0.15, 0.2) is 0 Å². The molecule has 3 atom stereocenters. The zero-order chi connectivity index (χ0) is 13.6. The average Bonchev–Trinajstić information content (AvgIpc) is 2.20. The molecule has 104 valence electrons. The topological polar surface area (TPSA) is 46.3 Å². The molecule has 0 spiro atoms. The van der Waals surface area contributed by atoms with Gasteiger partial charge in [-0.2, -0.15) is 0 Å². The van der Waals surface area contributed by atoms with Crippen LogP contribution in [0.25, 0.3) is 0 Å². The SMILES string of the molecule is CN1C(=O)CCC2C1CCCC(C)(C)CC2(C)N. The summed E-state index contributed by atoms with van der Waals surface area (Å²) >= 11 is 0. The predicted molar refractivity (Wildman–Crippen MR) is 74.1 cm³/mol. The molecule has 1 aliphatic heterocycles. The summed E-state index contributed by atoms with van der Waals surface area (Å²) in [5.74, 6) is 0.756. The molecule has 1 amide bonds. The van der Waals surface area contributed by atoms with E-state index in [1.807, 2.05) is 11.9 Å². The second-order valence-corrected chi connectivity index (χ2v) is 7.46. The summed E-state index contributed by atoms with van der Waals surface area (Å²) in [4.78, 5) is 13.8. The van der Waals surface area contributed by atoms with Crippen molar-refractivity contribution in [3.8, 4) is 0 Å². The number of carbonyl (C=O) groups excluding carboxylic acids is 1. The maximum absolute atomic E-state index is 11.9. The van der Waals surface area contributed by atoms with Gasteiger partial charge in [0, 0.05) is 25.0 Å². The fraction of sp³-hybridized carbons (Fsp3) is 0.933. The number of nitrogens with two attached hydrogens (primary N) is 1. The molecule has 1 heterocycles. The van der Waals surface area contributed by atoms with Gasteiger partial charge in [-0.25, -0.2) is 0 Å². The Morgan fingerprint density at radius 2 is 1.94 bits per heavy atom. The van der Waals surface area contributed by atoms with E-state index in [9.17, 15) is 4.79 Å². The van der Waals surface area contributed by atoms with Gasteiger partial charge >= 0.3 is 0 Å². The van der Waals surface area contributed by atoms with Gasteiger partial charge in [0.2, 0.25) is 5.91 Å². The van der Waals surface area contributed by atoms with Crippen LogP contribution in [0.5, 0.6) is 0 Å². The highest BCUT2D eigenvalue weighted by Crippen LogP contribution is 2.43. The van der Waals surface area contributed by atoms with E-state index in [-0.39, 0.29) is 5.54 Å². The van der Waals surface area contributed by atoms with Crippen LogP contribution in [0.15, 0.2) is 0 Å². The highest BCUT2D eigenvalue weighted by Gasteiger charge is 2.45. The second-order valence-electron chi connectivity index (χ2n) is 7.46. The number of likely N-dealkylation sites (tertiary alicyclic amines) is 1. The van der Waals surface area contributed by atoms with Crippen LogP contribution in [0.1, 0.15) is 59.3 Å². The van der Waals surface area contributed by atoms with Crippen LogP contribution in [-0.2, 0) is 4.79 Å². The highest BCUT2D eigenvalue weighted by molar-refractivity contribution is 5.77. The Kier molecular flexibility index (Phi) is 3.48. The molecule has 0 aromatic heterocycles. The molecule has 2 N–H and O–H groups in total. The van der Waals surface area contributed by atoms with Gasteiger partial charge in [0.25, 0.3) is 0 Å².